The van der Waals surface area contributed by atoms with Gasteiger partial charge in [-0.15, -0.1) is 11.3 Å². The van der Waals surface area contributed by atoms with E-state index in [1.54, 1.807) is 11.3 Å². The Kier molecular flexibility index (Phi) is 3.37. The van der Waals surface area contributed by atoms with Crippen LogP contribution in [0.4, 0.5) is 0 Å². The Morgan fingerprint density at radius 1 is 0.773 bits per heavy atom. The van der Waals surface area contributed by atoms with Gasteiger partial charge in [0.05, 0.1) is 15.9 Å². The average molecular weight is 323 g/mol. The second-order valence-corrected chi connectivity index (χ2v) is 6.18. The molecule has 0 aliphatic rings. The van der Waals surface area contributed by atoms with E-state index in [2.05, 4.69) is 40.3 Å². The second-order valence-electron chi connectivity index (χ2n) is 4.92. The molecule has 2 aromatic carbocycles. The van der Waals surface area contributed by atoms with Gasteiger partial charge < -0.3 is 0 Å². The van der Waals surface area contributed by atoms with E-state index < -0.39 is 0 Å². The van der Waals surface area contributed by atoms with Crippen LogP contribution in [-0.2, 0) is 0 Å². The molecule has 0 atom stereocenters. The molecule has 0 unspecified atom stereocenters. The first-order valence-corrected chi connectivity index (χ1v) is 8.13. The van der Waals surface area contributed by atoms with Crippen molar-refractivity contribution >= 4 is 33.2 Å². The number of nitrogens with zero attached hydrogens (tertiary/aromatic N) is 2. The fourth-order valence-corrected chi connectivity index (χ4v) is 3.53. The van der Waals surface area contributed by atoms with Gasteiger partial charge in [-0.3, -0.25) is 0 Å². The zero-order valence-corrected chi connectivity index (χ0v) is 13.1. The van der Waals surface area contributed by atoms with Crippen LogP contribution in [0, 0.1) is 0 Å². The Labute approximate surface area is 137 Å². The van der Waals surface area contributed by atoms with Crippen molar-refractivity contribution in [2.45, 2.75) is 0 Å². The lowest BCUT2D eigenvalue weighted by atomic mass is 10.0. The van der Waals surface area contributed by atoms with Crippen LogP contribution in [0.25, 0.3) is 32.6 Å². The fraction of sp³-hybridized carbons (Fsp3) is 0. The number of halogens is 1. The normalized spacial score (nSPS) is 11.0. The van der Waals surface area contributed by atoms with Crippen molar-refractivity contribution in [3.05, 3.63) is 71.3 Å². The van der Waals surface area contributed by atoms with Crippen LogP contribution in [0.1, 0.15) is 0 Å². The molecule has 4 aromatic rings. The molecule has 0 spiro atoms. The van der Waals surface area contributed by atoms with Crippen molar-refractivity contribution in [1.82, 2.24) is 9.97 Å². The molecule has 0 fully saturated rings. The molecule has 2 heterocycles. The molecule has 0 aliphatic heterocycles. The van der Waals surface area contributed by atoms with E-state index in [-0.39, 0.29) is 5.28 Å². The highest BCUT2D eigenvalue weighted by molar-refractivity contribution is 7.17. The zero-order valence-electron chi connectivity index (χ0n) is 11.5. The second kappa shape index (κ2) is 5.52. The van der Waals surface area contributed by atoms with Crippen LogP contribution in [0.15, 0.2) is 66.0 Å². The van der Waals surface area contributed by atoms with E-state index in [9.17, 15) is 0 Å². The van der Waals surface area contributed by atoms with Crippen LogP contribution < -0.4 is 0 Å². The molecule has 4 heteroatoms. The van der Waals surface area contributed by atoms with Crippen molar-refractivity contribution in [1.29, 1.82) is 0 Å². The van der Waals surface area contributed by atoms with Gasteiger partial charge in [0.25, 0.3) is 0 Å². The summed E-state index contributed by atoms with van der Waals surface area (Å²) in [5.41, 5.74) is 5.19. The van der Waals surface area contributed by atoms with Gasteiger partial charge in [-0.2, -0.15) is 0 Å². The highest BCUT2D eigenvalue weighted by Crippen LogP contribution is 2.33. The minimum atomic E-state index is 0.283. The third-order valence-electron chi connectivity index (χ3n) is 3.52. The molecule has 0 saturated carbocycles. The van der Waals surface area contributed by atoms with Crippen molar-refractivity contribution in [3.8, 4) is 22.4 Å². The van der Waals surface area contributed by atoms with Crippen molar-refractivity contribution in [3.63, 3.8) is 0 Å². The molecule has 2 aromatic heterocycles. The van der Waals surface area contributed by atoms with E-state index in [1.807, 2.05) is 35.7 Å². The van der Waals surface area contributed by atoms with Crippen LogP contribution >= 0.6 is 22.9 Å². The monoisotopic (exact) mass is 322 g/mol. The van der Waals surface area contributed by atoms with Gasteiger partial charge in [0.2, 0.25) is 5.28 Å². The SMILES string of the molecule is Clc1nc(-c2cccc(-c3ccccc3)c2)c2sccc2n1. The summed E-state index contributed by atoms with van der Waals surface area (Å²) < 4.78 is 1.06. The topological polar surface area (TPSA) is 25.8 Å². The Balaban J connectivity index is 1.91. The Hall–Kier alpha value is -2.23. The maximum atomic E-state index is 6.07. The van der Waals surface area contributed by atoms with E-state index in [1.165, 1.54) is 5.56 Å². The molecular weight excluding hydrogens is 312 g/mol. The lowest BCUT2D eigenvalue weighted by molar-refractivity contribution is 1.23. The molecule has 2 nitrogen and oxygen atoms in total. The number of thiophene rings is 1. The number of fused-ring (bicyclic) bond motifs is 1. The first-order valence-electron chi connectivity index (χ1n) is 6.88. The molecule has 0 saturated heterocycles. The number of benzene rings is 2. The third kappa shape index (κ3) is 2.39. The van der Waals surface area contributed by atoms with Gasteiger partial charge in [0.15, 0.2) is 0 Å². The van der Waals surface area contributed by atoms with Crippen LogP contribution in [0.5, 0.6) is 0 Å². The van der Waals surface area contributed by atoms with Crippen LogP contribution in [-0.4, -0.2) is 9.97 Å². The number of hydrogen-bond donors (Lipinski definition) is 0. The summed E-state index contributed by atoms with van der Waals surface area (Å²) in [7, 11) is 0. The largest absolute Gasteiger partial charge is 0.223 e. The van der Waals surface area contributed by atoms with E-state index in [4.69, 9.17) is 11.6 Å². The van der Waals surface area contributed by atoms with Crippen LogP contribution in [0.2, 0.25) is 5.28 Å². The average Bonchev–Trinajstić information content (AvgIpc) is 3.03. The van der Waals surface area contributed by atoms with Crippen molar-refractivity contribution in [2.24, 2.45) is 0 Å². The lowest BCUT2D eigenvalue weighted by Gasteiger charge is -2.06. The summed E-state index contributed by atoms with van der Waals surface area (Å²) in [6.07, 6.45) is 0. The van der Waals surface area contributed by atoms with Crippen molar-refractivity contribution in [2.75, 3.05) is 0 Å². The lowest BCUT2D eigenvalue weighted by Crippen LogP contribution is -1.89. The zero-order chi connectivity index (χ0) is 14.9. The molecule has 0 aliphatic carbocycles. The molecule has 0 bridgehead atoms. The maximum Gasteiger partial charge on any atom is 0.223 e. The molecule has 106 valence electrons. The Bertz CT molecular complexity index is 948. The predicted molar refractivity (Wildman–Crippen MR) is 93.3 cm³/mol. The fourth-order valence-electron chi connectivity index (χ4n) is 2.51. The van der Waals surface area contributed by atoms with E-state index in [0.29, 0.717) is 0 Å². The summed E-state index contributed by atoms with van der Waals surface area (Å²) in [5, 5.41) is 2.30. The number of hydrogen-bond acceptors (Lipinski definition) is 3. The molecule has 0 N–H and O–H groups in total. The summed E-state index contributed by atoms with van der Waals surface area (Å²) in [5.74, 6) is 0. The van der Waals surface area contributed by atoms with Gasteiger partial charge in [0, 0.05) is 5.56 Å². The minimum absolute atomic E-state index is 0.283. The third-order valence-corrected chi connectivity index (χ3v) is 4.60. The molecule has 22 heavy (non-hydrogen) atoms. The van der Waals surface area contributed by atoms with Gasteiger partial charge in [-0.05, 0) is 40.2 Å². The summed E-state index contributed by atoms with van der Waals surface area (Å²) in [6.45, 7) is 0. The first-order chi connectivity index (χ1) is 10.8. The highest BCUT2D eigenvalue weighted by Gasteiger charge is 2.11. The first kappa shape index (κ1) is 13.4. The van der Waals surface area contributed by atoms with Crippen molar-refractivity contribution < 1.29 is 0 Å². The molecular formula is C18H11ClN2S. The Morgan fingerprint density at radius 2 is 1.55 bits per heavy atom. The highest BCUT2D eigenvalue weighted by atomic mass is 35.5. The number of rotatable bonds is 2. The van der Waals surface area contributed by atoms with Gasteiger partial charge in [0.1, 0.15) is 0 Å². The van der Waals surface area contributed by atoms with Gasteiger partial charge in [-0.1, -0.05) is 48.5 Å². The Morgan fingerprint density at radius 3 is 2.41 bits per heavy atom. The van der Waals surface area contributed by atoms with E-state index >= 15 is 0 Å². The molecule has 0 amide bonds. The summed E-state index contributed by atoms with van der Waals surface area (Å²) >= 11 is 7.71. The van der Waals surface area contributed by atoms with Crippen LogP contribution in [0.3, 0.4) is 0 Å². The smallest absolute Gasteiger partial charge is 0.217 e. The molecule has 0 radical (unpaired) electrons. The van der Waals surface area contributed by atoms with Gasteiger partial charge >= 0.3 is 0 Å². The molecule has 4 rings (SSSR count). The van der Waals surface area contributed by atoms with E-state index in [0.717, 1.165) is 27.0 Å². The summed E-state index contributed by atoms with van der Waals surface area (Å²) in [6, 6.07) is 20.6. The number of aromatic nitrogens is 2. The summed E-state index contributed by atoms with van der Waals surface area (Å²) in [4.78, 5) is 8.71. The minimum Gasteiger partial charge on any atom is -0.217 e. The maximum absolute atomic E-state index is 6.07. The predicted octanol–water partition coefficient (Wildman–Crippen LogP) is 5.68. The van der Waals surface area contributed by atoms with Gasteiger partial charge in [-0.25, -0.2) is 9.97 Å². The quantitative estimate of drug-likeness (QED) is 0.444. The standard InChI is InChI=1S/C18H11ClN2S/c19-18-20-15-9-10-22-17(15)16(21-18)14-8-4-7-13(11-14)12-5-2-1-3-6-12/h1-11H.